The number of amides is 2. The molecule has 5 rings (SSSR count). The largest absolute Gasteiger partial charge is 0.494 e. The molecule has 0 unspecified atom stereocenters. The van der Waals surface area contributed by atoms with Crippen LogP contribution in [0.2, 0.25) is 0 Å². The summed E-state index contributed by atoms with van der Waals surface area (Å²) in [4.78, 5) is 28.1. The van der Waals surface area contributed by atoms with Crippen LogP contribution in [0.3, 0.4) is 0 Å². The molecule has 2 amide bonds. The second kappa shape index (κ2) is 8.91. The van der Waals surface area contributed by atoms with Gasteiger partial charge in [-0.25, -0.2) is 4.68 Å². The van der Waals surface area contributed by atoms with E-state index in [0.29, 0.717) is 41.3 Å². The molecule has 4 aromatic rings. The molecule has 1 saturated heterocycles. The summed E-state index contributed by atoms with van der Waals surface area (Å²) >= 11 is 1.53. The van der Waals surface area contributed by atoms with E-state index in [1.165, 1.54) is 11.3 Å². The lowest BCUT2D eigenvalue weighted by Crippen LogP contribution is -2.24. The van der Waals surface area contributed by atoms with E-state index in [4.69, 9.17) is 9.84 Å². The lowest BCUT2D eigenvalue weighted by molar-refractivity contribution is -0.117. The van der Waals surface area contributed by atoms with Gasteiger partial charge in [-0.2, -0.15) is 5.10 Å². The number of nitrogens with one attached hydrogen (secondary N) is 1. The minimum atomic E-state index is -0.271. The Morgan fingerprint density at radius 1 is 1.12 bits per heavy atom. The van der Waals surface area contributed by atoms with E-state index in [2.05, 4.69) is 5.32 Å². The average molecular weight is 459 g/mol. The topological polar surface area (TPSA) is 76.5 Å². The van der Waals surface area contributed by atoms with Gasteiger partial charge in [-0.3, -0.25) is 9.59 Å². The Labute approximate surface area is 195 Å². The molecule has 8 heteroatoms. The van der Waals surface area contributed by atoms with Gasteiger partial charge in [0.05, 0.1) is 28.9 Å². The molecule has 3 heterocycles. The first kappa shape index (κ1) is 21.0. The summed E-state index contributed by atoms with van der Waals surface area (Å²) in [6.07, 6.45) is 3.12. The number of thiophene rings is 1. The van der Waals surface area contributed by atoms with E-state index in [0.717, 1.165) is 17.0 Å². The number of ether oxygens (including phenoxy) is 1. The number of rotatable bonds is 6. The number of carbonyl (C=O) groups is 2. The quantitative estimate of drug-likeness (QED) is 0.442. The highest BCUT2D eigenvalue weighted by Crippen LogP contribution is 2.34. The van der Waals surface area contributed by atoms with E-state index in [-0.39, 0.29) is 11.8 Å². The number of methoxy groups -OCH3 is 1. The van der Waals surface area contributed by atoms with Crippen LogP contribution < -0.4 is 15.0 Å². The lowest BCUT2D eigenvalue weighted by atomic mass is 10.2. The third-order valence-electron chi connectivity index (χ3n) is 5.54. The number of nitrogens with zero attached hydrogens (tertiary/aromatic N) is 3. The van der Waals surface area contributed by atoms with E-state index in [1.807, 2.05) is 53.9 Å². The first-order valence-electron chi connectivity index (χ1n) is 10.6. The molecule has 1 aliphatic heterocycles. The number of hydrogen-bond donors (Lipinski definition) is 1. The van der Waals surface area contributed by atoms with Crippen LogP contribution in [0.25, 0.3) is 16.3 Å². The van der Waals surface area contributed by atoms with Crippen molar-refractivity contribution in [2.75, 3.05) is 23.9 Å². The Kier molecular flexibility index (Phi) is 5.66. The molecular weight excluding hydrogens is 436 g/mol. The van der Waals surface area contributed by atoms with Crippen LogP contribution >= 0.6 is 11.3 Å². The Morgan fingerprint density at radius 2 is 1.97 bits per heavy atom. The number of hydrogen-bond acceptors (Lipinski definition) is 5. The molecule has 1 N–H and O–H groups in total. The van der Waals surface area contributed by atoms with Crippen LogP contribution in [-0.4, -0.2) is 35.2 Å². The van der Waals surface area contributed by atoms with E-state index < -0.39 is 0 Å². The molecular formula is C25H22N4O3S. The van der Waals surface area contributed by atoms with Crippen LogP contribution in [-0.2, 0) is 4.79 Å². The summed E-state index contributed by atoms with van der Waals surface area (Å²) in [5, 5.41) is 9.61. The molecule has 1 aliphatic rings. The Balaban J connectivity index is 1.46. The monoisotopic (exact) mass is 458 g/mol. The average Bonchev–Trinajstić information content (AvgIpc) is 3.60. The summed E-state index contributed by atoms with van der Waals surface area (Å²) in [5.41, 5.74) is 3.26. The van der Waals surface area contributed by atoms with Crippen molar-refractivity contribution in [2.24, 2.45) is 0 Å². The molecule has 7 nitrogen and oxygen atoms in total. The summed E-state index contributed by atoms with van der Waals surface area (Å²) in [6.45, 7) is 0.670. The zero-order valence-corrected chi connectivity index (χ0v) is 18.8. The van der Waals surface area contributed by atoms with Crippen molar-refractivity contribution in [2.45, 2.75) is 12.8 Å². The fraction of sp³-hybridized carbons (Fsp3) is 0.160. The van der Waals surface area contributed by atoms with Gasteiger partial charge >= 0.3 is 0 Å². The van der Waals surface area contributed by atoms with Crippen molar-refractivity contribution in [3.05, 3.63) is 77.8 Å². The van der Waals surface area contributed by atoms with Crippen LogP contribution in [0.4, 0.5) is 11.4 Å². The van der Waals surface area contributed by atoms with Crippen LogP contribution in [0, 0.1) is 0 Å². The van der Waals surface area contributed by atoms with E-state index in [9.17, 15) is 9.59 Å². The van der Waals surface area contributed by atoms with Crippen molar-refractivity contribution in [1.29, 1.82) is 0 Å². The normalized spacial score (nSPS) is 13.4. The summed E-state index contributed by atoms with van der Waals surface area (Å²) in [7, 11) is 1.56. The predicted octanol–water partition coefficient (Wildman–Crippen LogP) is 4.99. The third kappa shape index (κ3) is 4.12. The first-order chi connectivity index (χ1) is 16.1. The van der Waals surface area contributed by atoms with Crippen LogP contribution in [0.1, 0.15) is 23.2 Å². The number of aromatic nitrogens is 2. The maximum atomic E-state index is 13.3. The highest BCUT2D eigenvalue weighted by atomic mass is 32.1. The van der Waals surface area contributed by atoms with E-state index in [1.54, 1.807) is 35.0 Å². The minimum Gasteiger partial charge on any atom is -0.494 e. The second-order valence-electron chi connectivity index (χ2n) is 7.64. The van der Waals surface area contributed by atoms with Crippen LogP contribution in [0.5, 0.6) is 5.75 Å². The zero-order chi connectivity index (χ0) is 22.8. The summed E-state index contributed by atoms with van der Waals surface area (Å²) in [5.74, 6) is 0.355. The van der Waals surface area contributed by atoms with Gasteiger partial charge in [-0.1, -0.05) is 24.3 Å². The molecule has 2 aromatic heterocycles. The molecule has 0 atom stereocenters. The van der Waals surface area contributed by atoms with Crippen LogP contribution in [0.15, 0.2) is 72.2 Å². The van der Waals surface area contributed by atoms with Gasteiger partial charge in [0.1, 0.15) is 11.4 Å². The maximum Gasteiger partial charge on any atom is 0.259 e. The van der Waals surface area contributed by atoms with Gasteiger partial charge in [0, 0.05) is 30.9 Å². The first-order valence-corrected chi connectivity index (χ1v) is 11.5. The zero-order valence-electron chi connectivity index (χ0n) is 18.0. The van der Waals surface area contributed by atoms with Gasteiger partial charge < -0.3 is 15.0 Å². The lowest BCUT2D eigenvalue weighted by Gasteiger charge is -2.19. The molecule has 0 bridgehead atoms. The molecule has 0 aliphatic carbocycles. The standard InChI is InChI=1S/C25H22N4O3S/c1-32-21-15-17(11-12-20(21)28-13-5-10-23(28)30)26-25(31)19-16-29(18-7-3-2-4-8-18)27-24(19)22-9-6-14-33-22/h2-4,6-9,11-12,14-16H,5,10,13H2,1H3,(H,26,31). The molecule has 166 valence electrons. The molecule has 0 radical (unpaired) electrons. The number of anilines is 2. The smallest absolute Gasteiger partial charge is 0.259 e. The molecule has 1 fully saturated rings. The van der Waals surface area contributed by atoms with Crippen molar-refractivity contribution in [1.82, 2.24) is 9.78 Å². The fourth-order valence-electron chi connectivity index (χ4n) is 3.93. The van der Waals surface area contributed by atoms with Crippen molar-refractivity contribution in [3.63, 3.8) is 0 Å². The van der Waals surface area contributed by atoms with Gasteiger partial charge in [0.2, 0.25) is 5.91 Å². The van der Waals surface area contributed by atoms with Crippen molar-refractivity contribution >= 4 is 34.5 Å². The summed E-state index contributed by atoms with van der Waals surface area (Å²) < 4.78 is 7.23. The number of benzene rings is 2. The Hall–Kier alpha value is -3.91. The van der Waals surface area contributed by atoms with Gasteiger partial charge in [-0.15, -0.1) is 11.3 Å². The highest BCUT2D eigenvalue weighted by Gasteiger charge is 2.25. The Bertz CT molecular complexity index is 1300. The SMILES string of the molecule is COc1cc(NC(=O)c2cn(-c3ccccc3)nc2-c2cccs2)ccc1N1CCCC1=O. The summed E-state index contributed by atoms with van der Waals surface area (Å²) in [6, 6.07) is 18.9. The second-order valence-corrected chi connectivity index (χ2v) is 8.59. The molecule has 0 saturated carbocycles. The fourth-order valence-corrected chi connectivity index (χ4v) is 4.65. The molecule has 0 spiro atoms. The Morgan fingerprint density at radius 3 is 2.67 bits per heavy atom. The minimum absolute atomic E-state index is 0.0824. The van der Waals surface area contributed by atoms with Gasteiger partial charge in [0.15, 0.2) is 0 Å². The van der Waals surface area contributed by atoms with Crippen molar-refractivity contribution < 1.29 is 14.3 Å². The predicted molar refractivity (Wildman–Crippen MR) is 129 cm³/mol. The van der Waals surface area contributed by atoms with Gasteiger partial charge in [0.25, 0.3) is 5.91 Å². The highest BCUT2D eigenvalue weighted by molar-refractivity contribution is 7.13. The molecule has 2 aromatic carbocycles. The maximum absolute atomic E-state index is 13.3. The number of para-hydroxylation sites is 1. The third-order valence-corrected chi connectivity index (χ3v) is 6.41. The number of carbonyl (C=O) groups excluding carboxylic acids is 2. The van der Waals surface area contributed by atoms with E-state index >= 15 is 0 Å². The molecule has 33 heavy (non-hydrogen) atoms. The van der Waals surface area contributed by atoms with Crippen molar-refractivity contribution in [3.8, 4) is 22.0 Å². The van der Waals surface area contributed by atoms with Gasteiger partial charge in [-0.05, 0) is 42.1 Å².